The van der Waals surface area contributed by atoms with E-state index in [-0.39, 0.29) is 0 Å². The largest absolute Gasteiger partial charge is 0.0819 e. The predicted molar refractivity (Wildman–Crippen MR) is 94.5 cm³/mol. The summed E-state index contributed by atoms with van der Waals surface area (Å²) in [7, 11) is 0. The first-order valence-corrected chi connectivity index (χ1v) is 10.1. The maximum absolute atomic E-state index is 2.69. The van der Waals surface area contributed by atoms with Gasteiger partial charge in [-0.2, -0.15) is 0 Å². The van der Waals surface area contributed by atoms with E-state index < -0.39 is 0 Å². The van der Waals surface area contributed by atoms with Crippen molar-refractivity contribution in [3.8, 4) is 0 Å². The van der Waals surface area contributed by atoms with E-state index in [0.717, 1.165) is 47.3 Å². The fraction of sp³-hybridized carbons (Fsp3) is 0.909. The van der Waals surface area contributed by atoms with Crippen molar-refractivity contribution in [2.45, 2.75) is 73.1 Å². The van der Waals surface area contributed by atoms with Crippen molar-refractivity contribution in [1.82, 2.24) is 0 Å². The van der Waals surface area contributed by atoms with E-state index in [9.17, 15) is 0 Å². The summed E-state index contributed by atoms with van der Waals surface area (Å²) in [5.41, 5.74) is 2.55. The summed E-state index contributed by atoms with van der Waals surface area (Å²) in [6.07, 6.45) is 11.7. The van der Waals surface area contributed by atoms with E-state index in [1.165, 1.54) is 38.5 Å². The van der Waals surface area contributed by atoms with Crippen molar-refractivity contribution in [3.63, 3.8) is 0 Å². The molecule has 0 aromatic carbocycles. The summed E-state index contributed by atoms with van der Waals surface area (Å²) in [5, 5.41) is 0. The zero-order chi connectivity index (χ0) is 15.6. The molecule has 22 heavy (non-hydrogen) atoms. The lowest BCUT2D eigenvalue weighted by Crippen LogP contribution is -2.49. The number of rotatable bonds is 0. The molecule has 0 aromatic rings. The minimum atomic E-state index is 0.674. The quantitative estimate of drug-likeness (QED) is 0.459. The summed E-state index contributed by atoms with van der Waals surface area (Å²) in [4.78, 5) is 0. The van der Waals surface area contributed by atoms with E-state index in [4.69, 9.17) is 0 Å². The van der Waals surface area contributed by atoms with Gasteiger partial charge in [0.15, 0.2) is 0 Å². The lowest BCUT2D eigenvalue weighted by Gasteiger charge is -2.57. The van der Waals surface area contributed by atoms with Gasteiger partial charge in [-0.25, -0.2) is 0 Å². The smallest absolute Gasteiger partial charge is 0.0143 e. The molecule has 0 aromatic heterocycles. The Hall–Kier alpha value is -0.260. The Kier molecular flexibility index (Phi) is 3.55. The summed E-state index contributed by atoms with van der Waals surface area (Å²) in [6, 6.07) is 0. The molecule has 3 fully saturated rings. The molecule has 4 aliphatic rings. The van der Waals surface area contributed by atoms with E-state index in [1.54, 1.807) is 0 Å². The topological polar surface area (TPSA) is 0 Å². The maximum Gasteiger partial charge on any atom is -0.0143 e. The van der Waals surface area contributed by atoms with Crippen LogP contribution < -0.4 is 0 Å². The summed E-state index contributed by atoms with van der Waals surface area (Å²) in [5.74, 6) is 7.60. The minimum Gasteiger partial charge on any atom is -0.0819 e. The molecule has 0 amide bonds. The van der Waals surface area contributed by atoms with E-state index in [0.29, 0.717) is 5.41 Å². The number of allylic oxidation sites excluding steroid dienone is 2. The highest BCUT2D eigenvalue weighted by molar-refractivity contribution is 5.22. The van der Waals surface area contributed by atoms with Crippen LogP contribution in [0, 0.1) is 52.8 Å². The first kappa shape index (κ1) is 15.3. The summed E-state index contributed by atoms with van der Waals surface area (Å²) < 4.78 is 0. The van der Waals surface area contributed by atoms with Gasteiger partial charge in [0.25, 0.3) is 0 Å². The summed E-state index contributed by atoms with van der Waals surface area (Å²) in [6.45, 7) is 12.7. The standard InChI is InChI=1S/C22H36/c1-13-10-15(3)21-17-8-9-22(5)16(4)6-7-20(22)19(17)12-14(2)18(21)11-13/h11,13-17,19-21H,6-10,12H2,1-5H3. The Morgan fingerprint density at radius 3 is 2.50 bits per heavy atom. The molecule has 4 aliphatic carbocycles. The van der Waals surface area contributed by atoms with Crippen LogP contribution in [0.5, 0.6) is 0 Å². The Morgan fingerprint density at radius 1 is 0.955 bits per heavy atom. The molecule has 0 heteroatoms. The Bertz CT molecular complexity index is 474. The second-order valence-electron chi connectivity index (χ2n) is 9.98. The van der Waals surface area contributed by atoms with Crippen molar-refractivity contribution in [2.24, 2.45) is 52.8 Å². The van der Waals surface area contributed by atoms with Crippen molar-refractivity contribution >= 4 is 0 Å². The van der Waals surface area contributed by atoms with Gasteiger partial charge in [-0.05, 0) is 91.3 Å². The van der Waals surface area contributed by atoms with Gasteiger partial charge in [-0.1, -0.05) is 46.3 Å². The van der Waals surface area contributed by atoms with Crippen LogP contribution in [0.3, 0.4) is 0 Å². The zero-order valence-corrected chi connectivity index (χ0v) is 15.4. The maximum atomic E-state index is 2.69. The van der Waals surface area contributed by atoms with Crippen LogP contribution in [0.25, 0.3) is 0 Å². The van der Waals surface area contributed by atoms with Crippen molar-refractivity contribution in [1.29, 1.82) is 0 Å². The van der Waals surface area contributed by atoms with Gasteiger partial charge >= 0.3 is 0 Å². The van der Waals surface area contributed by atoms with Gasteiger partial charge in [0.1, 0.15) is 0 Å². The van der Waals surface area contributed by atoms with Gasteiger partial charge in [0.05, 0.1) is 0 Å². The molecular weight excluding hydrogens is 264 g/mol. The van der Waals surface area contributed by atoms with Gasteiger partial charge in [-0.3, -0.25) is 0 Å². The molecule has 9 atom stereocenters. The third-order valence-electron chi connectivity index (χ3n) is 8.84. The average molecular weight is 301 g/mol. The van der Waals surface area contributed by atoms with E-state index in [2.05, 4.69) is 40.7 Å². The highest BCUT2D eigenvalue weighted by Gasteiger charge is 2.56. The van der Waals surface area contributed by atoms with Gasteiger partial charge < -0.3 is 0 Å². The van der Waals surface area contributed by atoms with Crippen LogP contribution in [-0.2, 0) is 0 Å². The number of hydrogen-bond donors (Lipinski definition) is 0. The lowest BCUT2D eigenvalue weighted by molar-refractivity contribution is -0.0388. The zero-order valence-electron chi connectivity index (χ0n) is 15.4. The third kappa shape index (κ3) is 2.01. The molecule has 3 saturated carbocycles. The normalized spacial score (nSPS) is 57.6. The van der Waals surface area contributed by atoms with Gasteiger partial charge in [0, 0.05) is 0 Å². The van der Waals surface area contributed by atoms with Crippen LogP contribution in [0.2, 0.25) is 0 Å². The van der Waals surface area contributed by atoms with Crippen molar-refractivity contribution in [2.75, 3.05) is 0 Å². The number of hydrogen-bond acceptors (Lipinski definition) is 0. The molecule has 0 heterocycles. The molecule has 124 valence electrons. The lowest BCUT2D eigenvalue weighted by atomic mass is 9.48. The van der Waals surface area contributed by atoms with Crippen LogP contribution in [-0.4, -0.2) is 0 Å². The third-order valence-corrected chi connectivity index (χ3v) is 8.84. The van der Waals surface area contributed by atoms with Crippen LogP contribution >= 0.6 is 0 Å². The fourth-order valence-electron chi connectivity index (χ4n) is 7.64. The van der Waals surface area contributed by atoms with Crippen LogP contribution in [0.1, 0.15) is 73.1 Å². The van der Waals surface area contributed by atoms with Crippen LogP contribution in [0.15, 0.2) is 11.6 Å². The molecule has 0 saturated heterocycles. The van der Waals surface area contributed by atoms with E-state index in [1.807, 2.05) is 5.57 Å². The second kappa shape index (κ2) is 5.12. The minimum absolute atomic E-state index is 0.674. The molecular formula is C22H36. The SMILES string of the molecule is CC1C=C2C(C)CC3C(CCC4(C)C(C)CCC34)C2C(C)C1. The molecule has 0 aliphatic heterocycles. The molecule has 4 rings (SSSR count). The second-order valence-corrected chi connectivity index (χ2v) is 9.98. The monoisotopic (exact) mass is 300 g/mol. The van der Waals surface area contributed by atoms with Crippen molar-refractivity contribution < 1.29 is 0 Å². The summed E-state index contributed by atoms with van der Waals surface area (Å²) >= 11 is 0. The highest BCUT2D eigenvalue weighted by atomic mass is 14.6. The van der Waals surface area contributed by atoms with E-state index >= 15 is 0 Å². The van der Waals surface area contributed by atoms with Crippen LogP contribution in [0.4, 0.5) is 0 Å². The fourth-order valence-corrected chi connectivity index (χ4v) is 7.64. The van der Waals surface area contributed by atoms with Crippen molar-refractivity contribution in [3.05, 3.63) is 11.6 Å². The number of fused-ring (bicyclic) bond motifs is 5. The first-order chi connectivity index (χ1) is 10.4. The van der Waals surface area contributed by atoms with Gasteiger partial charge in [-0.15, -0.1) is 0 Å². The molecule has 0 spiro atoms. The molecule has 0 radical (unpaired) electrons. The molecule has 9 unspecified atom stereocenters. The Balaban J connectivity index is 1.68. The molecule has 0 bridgehead atoms. The first-order valence-electron chi connectivity index (χ1n) is 10.1. The predicted octanol–water partition coefficient (Wildman–Crippen LogP) is 6.32. The highest BCUT2D eigenvalue weighted by Crippen LogP contribution is 2.64. The van der Waals surface area contributed by atoms with Gasteiger partial charge in [0.2, 0.25) is 0 Å². The average Bonchev–Trinajstić information content (AvgIpc) is 2.75. The molecule has 0 N–H and O–H groups in total. The molecule has 0 nitrogen and oxygen atoms in total. The Labute approximate surface area is 138 Å². The Morgan fingerprint density at radius 2 is 1.73 bits per heavy atom.